The summed E-state index contributed by atoms with van der Waals surface area (Å²) < 4.78 is 11.0. The molecule has 0 amide bonds. The summed E-state index contributed by atoms with van der Waals surface area (Å²) in [6.45, 7) is 2.01. The Morgan fingerprint density at radius 1 is 1.27 bits per heavy atom. The van der Waals surface area contributed by atoms with Crippen molar-refractivity contribution >= 4 is 5.97 Å². The molecule has 15 heavy (non-hydrogen) atoms. The summed E-state index contributed by atoms with van der Waals surface area (Å²) >= 11 is 0. The van der Waals surface area contributed by atoms with Crippen molar-refractivity contribution in [1.29, 1.82) is 0 Å². The Morgan fingerprint density at radius 3 is 2.80 bits per heavy atom. The molecule has 2 aliphatic heterocycles. The summed E-state index contributed by atoms with van der Waals surface area (Å²) in [6, 6.07) is 8.00. The average molecular weight is 204 g/mol. The monoisotopic (exact) mass is 204 g/mol. The van der Waals surface area contributed by atoms with Gasteiger partial charge in [0.1, 0.15) is 6.10 Å². The van der Waals surface area contributed by atoms with Gasteiger partial charge in [-0.25, -0.2) is 0 Å². The van der Waals surface area contributed by atoms with Gasteiger partial charge in [0, 0.05) is 5.56 Å². The van der Waals surface area contributed by atoms with Crippen LogP contribution in [0, 0.1) is 0 Å². The Labute approximate surface area is 88.0 Å². The highest BCUT2D eigenvalue weighted by Gasteiger charge is 2.42. The van der Waals surface area contributed by atoms with Gasteiger partial charge in [0.05, 0.1) is 12.5 Å². The largest absolute Gasteiger partial charge is 0.455 e. The summed E-state index contributed by atoms with van der Waals surface area (Å²) in [5, 5.41) is 0. The Bertz CT molecular complexity index is 413. The normalized spacial score (nSPS) is 33.1. The van der Waals surface area contributed by atoms with Crippen molar-refractivity contribution in [3.63, 3.8) is 0 Å². The van der Waals surface area contributed by atoms with Crippen LogP contribution < -0.4 is 0 Å². The zero-order valence-electron chi connectivity index (χ0n) is 8.47. The second-order valence-corrected chi connectivity index (χ2v) is 4.06. The zero-order valence-corrected chi connectivity index (χ0v) is 8.47. The third kappa shape index (κ3) is 1.27. The molecule has 0 aromatic heterocycles. The smallest absolute Gasteiger partial charge is 0.309 e. The minimum Gasteiger partial charge on any atom is -0.455 e. The van der Waals surface area contributed by atoms with Gasteiger partial charge >= 0.3 is 5.97 Å². The van der Waals surface area contributed by atoms with Gasteiger partial charge in [-0.2, -0.15) is 0 Å². The Morgan fingerprint density at radius 2 is 2.00 bits per heavy atom. The average Bonchev–Trinajstić information content (AvgIpc) is 2.59. The van der Waals surface area contributed by atoms with Crippen molar-refractivity contribution < 1.29 is 14.3 Å². The fourth-order valence-corrected chi connectivity index (χ4v) is 2.40. The first-order valence-corrected chi connectivity index (χ1v) is 5.19. The van der Waals surface area contributed by atoms with Gasteiger partial charge in [0.2, 0.25) is 0 Å². The molecule has 1 aromatic rings. The Kier molecular flexibility index (Phi) is 1.83. The predicted octanol–water partition coefficient (Wildman–Crippen LogP) is 2.13. The summed E-state index contributed by atoms with van der Waals surface area (Å²) in [6.07, 6.45) is 0.146. The molecule has 3 rings (SSSR count). The third-order valence-corrected chi connectivity index (χ3v) is 3.08. The van der Waals surface area contributed by atoms with Gasteiger partial charge in [-0.1, -0.05) is 24.3 Å². The van der Waals surface area contributed by atoms with Gasteiger partial charge < -0.3 is 9.47 Å². The van der Waals surface area contributed by atoms with E-state index in [1.54, 1.807) is 0 Å². The third-order valence-electron chi connectivity index (χ3n) is 3.08. The van der Waals surface area contributed by atoms with E-state index in [2.05, 4.69) is 0 Å². The maximum atomic E-state index is 11.2. The lowest BCUT2D eigenvalue weighted by Gasteiger charge is -2.31. The first-order valence-electron chi connectivity index (χ1n) is 5.19. The Balaban J connectivity index is 2.08. The molecule has 2 aliphatic rings. The van der Waals surface area contributed by atoms with Crippen molar-refractivity contribution in [1.82, 2.24) is 0 Å². The van der Waals surface area contributed by atoms with Crippen molar-refractivity contribution in [3.05, 3.63) is 35.4 Å². The molecule has 0 spiro atoms. The molecule has 3 nitrogen and oxygen atoms in total. The van der Waals surface area contributed by atoms with E-state index in [0.717, 1.165) is 11.1 Å². The van der Waals surface area contributed by atoms with E-state index in [0.29, 0.717) is 6.42 Å². The maximum absolute atomic E-state index is 11.2. The van der Waals surface area contributed by atoms with E-state index in [1.807, 2.05) is 31.2 Å². The summed E-state index contributed by atoms with van der Waals surface area (Å²) in [5.74, 6) is -0.158. The highest BCUT2D eigenvalue weighted by molar-refractivity contribution is 5.73. The van der Waals surface area contributed by atoms with E-state index in [9.17, 15) is 4.79 Å². The number of esters is 1. The number of hydrogen-bond acceptors (Lipinski definition) is 3. The molecular weight excluding hydrogens is 192 g/mol. The van der Waals surface area contributed by atoms with Crippen LogP contribution in [0.4, 0.5) is 0 Å². The molecular formula is C12H12O3. The van der Waals surface area contributed by atoms with Crippen molar-refractivity contribution in [2.45, 2.75) is 31.7 Å². The molecule has 0 N–H and O–H groups in total. The number of rotatable bonds is 0. The topological polar surface area (TPSA) is 35.5 Å². The fraction of sp³-hybridized carbons (Fsp3) is 0.417. The van der Waals surface area contributed by atoms with Gasteiger partial charge in [0.25, 0.3) is 0 Å². The molecule has 0 aliphatic carbocycles. The van der Waals surface area contributed by atoms with E-state index >= 15 is 0 Å². The standard InChI is InChI=1S/C12H12O3/c1-7-8-4-2-3-5-9(8)12-10(14-7)6-11(13)15-12/h2-5,7,10,12H,6H2,1H3/t7-,10-,12-/m0/s1. The van der Waals surface area contributed by atoms with Gasteiger partial charge in [-0.3, -0.25) is 4.79 Å². The number of carbonyl (C=O) groups excluding carboxylic acids is 1. The molecule has 2 heterocycles. The lowest BCUT2D eigenvalue weighted by Crippen LogP contribution is -2.26. The molecule has 78 valence electrons. The molecule has 0 bridgehead atoms. The lowest BCUT2D eigenvalue weighted by molar-refractivity contribution is -0.143. The van der Waals surface area contributed by atoms with Crippen LogP contribution in [-0.4, -0.2) is 12.1 Å². The molecule has 0 saturated carbocycles. The number of benzene rings is 1. The number of fused-ring (bicyclic) bond motifs is 3. The molecule has 0 radical (unpaired) electrons. The van der Waals surface area contributed by atoms with Crippen molar-refractivity contribution in [2.75, 3.05) is 0 Å². The van der Waals surface area contributed by atoms with Crippen LogP contribution in [0.3, 0.4) is 0 Å². The van der Waals surface area contributed by atoms with Crippen LogP contribution in [-0.2, 0) is 14.3 Å². The zero-order chi connectivity index (χ0) is 10.4. The number of hydrogen-bond donors (Lipinski definition) is 0. The first-order chi connectivity index (χ1) is 7.25. The second-order valence-electron chi connectivity index (χ2n) is 4.06. The molecule has 0 unspecified atom stereocenters. The van der Waals surface area contributed by atoms with Gasteiger partial charge in [-0.15, -0.1) is 0 Å². The predicted molar refractivity (Wildman–Crippen MR) is 53.2 cm³/mol. The molecule has 1 fully saturated rings. The summed E-state index contributed by atoms with van der Waals surface area (Å²) in [7, 11) is 0. The fourth-order valence-electron chi connectivity index (χ4n) is 2.40. The molecule has 3 atom stereocenters. The Hall–Kier alpha value is -1.35. The quantitative estimate of drug-likeness (QED) is 0.607. The number of ether oxygens (including phenoxy) is 2. The highest BCUT2D eigenvalue weighted by Crippen LogP contribution is 2.42. The van der Waals surface area contributed by atoms with Crippen LogP contribution in [0.15, 0.2) is 24.3 Å². The first kappa shape index (κ1) is 8.92. The molecule has 1 aromatic carbocycles. The summed E-state index contributed by atoms with van der Waals surface area (Å²) in [5.41, 5.74) is 2.24. The molecule has 1 saturated heterocycles. The highest BCUT2D eigenvalue weighted by atomic mass is 16.6. The minimum absolute atomic E-state index is 0.0527. The molecule has 3 heteroatoms. The van der Waals surface area contributed by atoms with E-state index in [4.69, 9.17) is 9.47 Å². The maximum Gasteiger partial charge on any atom is 0.309 e. The SMILES string of the molecule is C[C@@H]1O[C@H]2CC(=O)O[C@H]2c2ccccc21. The van der Waals surface area contributed by atoms with Gasteiger partial charge in [-0.05, 0) is 12.5 Å². The van der Waals surface area contributed by atoms with E-state index in [1.165, 1.54) is 0 Å². The van der Waals surface area contributed by atoms with Crippen LogP contribution in [0.1, 0.15) is 36.7 Å². The van der Waals surface area contributed by atoms with Crippen molar-refractivity contribution in [2.24, 2.45) is 0 Å². The van der Waals surface area contributed by atoms with E-state index in [-0.39, 0.29) is 24.3 Å². The number of carbonyl (C=O) groups is 1. The lowest BCUT2D eigenvalue weighted by atomic mass is 9.92. The van der Waals surface area contributed by atoms with Crippen LogP contribution in [0.25, 0.3) is 0 Å². The summed E-state index contributed by atoms with van der Waals surface area (Å²) in [4.78, 5) is 11.2. The van der Waals surface area contributed by atoms with Gasteiger partial charge in [0.15, 0.2) is 6.10 Å². The van der Waals surface area contributed by atoms with E-state index < -0.39 is 0 Å². The van der Waals surface area contributed by atoms with Crippen LogP contribution in [0.5, 0.6) is 0 Å². The van der Waals surface area contributed by atoms with Crippen LogP contribution >= 0.6 is 0 Å². The van der Waals surface area contributed by atoms with Crippen LogP contribution in [0.2, 0.25) is 0 Å². The van der Waals surface area contributed by atoms with Crippen molar-refractivity contribution in [3.8, 4) is 0 Å². The minimum atomic E-state index is -0.190. The second kappa shape index (κ2) is 3.07.